The van der Waals surface area contributed by atoms with E-state index in [1.54, 1.807) is 16.8 Å². The highest BCUT2D eigenvalue weighted by Gasteiger charge is 2.13. The van der Waals surface area contributed by atoms with Crippen LogP contribution in [0.25, 0.3) is 28.1 Å². The molecule has 0 aliphatic rings. The molecule has 0 saturated heterocycles. The summed E-state index contributed by atoms with van der Waals surface area (Å²) < 4.78 is 13.1. The van der Waals surface area contributed by atoms with Crippen molar-refractivity contribution in [2.45, 2.75) is 13.2 Å². The van der Waals surface area contributed by atoms with E-state index in [0.29, 0.717) is 23.8 Å². The second-order valence-electron chi connectivity index (χ2n) is 5.62. The Morgan fingerprint density at radius 1 is 1.28 bits per heavy atom. The average molecular weight is 338 g/mol. The predicted octanol–water partition coefficient (Wildman–Crippen LogP) is 2.45. The Kier molecular flexibility index (Phi) is 4.09. The Labute approximate surface area is 143 Å². The molecule has 0 fully saturated rings. The summed E-state index contributed by atoms with van der Waals surface area (Å²) in [5.41, 5.74) is 2.24. The molecule has 0 aliphatic heterocycles. The van der Waals surface area contributed by atoms with E-state index in [4.69, 9.17) is 9.15 Å². The summed E-state index contributed by atoms with van der Waals surface area (Å²) in [5, 5.41) is 18.0. The van der Waals surface area contributed by atoms with Gasteiger partial charge in [0.05, 0.1) is 6.20 Å². The van der Waals surface area contributed by atoms with Crippen molar-refractivity contribution >= 4 is 16.6 Å². The number of hydrogen-bond donors (Lipinski definition) is 2. The molecule has 2 N–H and O–H groups in total. The zero-order valence-corrected chi connectivity index (χ0v) is 13.7. The van der Waals surface area contributed by atoms with E-state index in [-0.39, 0.29) is 6.61 Å². The minimum Gasteiger partial charge on any atom is -0.472 e. The summed E-state index contributed by atoms with van der Waals surface area (Å²) in [4.78, 5) is 4.35. The fourth-order valence-corrected chi connectivity index (χ4v) is 2.67. The van der Waals surface area contributed by atoms with Gasteiger partial charge >= 0.3 is 0 Å². The highest BCUT2D eigenvalue weighted by Crippen LogP contribution is 2.28. The van der Waals surface area contributed by atoms with Crippen LogP contribution in [0.3, 0.4) is 0 Å². The van der Waals surface area contributed by atoms with Gasteiger partial charge in [0.25, 0.3) is 0 Å². The number of nitrogens with one attached hydrogen (secondary N) is 1. The molecule has 0 saturated carbocycles. The molecule has 0 bridgehead atoms. The summed E-state index contributed by atoms with van der Waals surface area (Å²) in [7, 11) is 0. The standard InChI is InChI=1S/C18H18N4O3/c1-2-19-17(23)11-24-18-8-7-16-20-10-13(22(16)21-18)15-9-12-5-3-4-6-14(12)25-15/h3-10,17,19,23H,2,11H2,1H3. The Morgan fingerprint density at radius 2 is 2.16 bits per heavy atom. The maximum absolute atomic E-state index is 9.70. The number of fused-ring (bicyclic) bond motifs is 2. The fourth-order valence-electron chi connectivity index (χ4n) is 2.67. The van der Waals surface area contributed by atoms with E-state index in [1.165, 1.54) is 0 Å². The number of likely N-dealkylation sites (N-methyl/N-ethyl adjacent to an activating group) is 1. The van der Waals surface area contributed by atoms with Crippen LogP contribution in [0.5, 0.6) is 5.88 Å². The molecule has 0 radical (unpaired) electrons. The Balaban J connectivity index is 1.66. The number of ether oxygens (including phenoxy) is 1. The van der Waals surface area contributed by atoms with Gasteiger partial charge in [-0.2, -0.15) is 0 Å². The summed E-state index contributed by atoms with van der Waals surface area (Å²) in [6, 6.07) is 13.3. The number of benzene rings is 1. The molecule has 7 heteroatoms. The highest BCUT2D eigenvalue weighted by molar-refractivity contribution is 5.82. The Morgan fingerprint density at radius 3 is 3.00 bits per heavy atom. The van der Waals surface area contributed by atoms with Gasteiger partial charge in [0.2, 0.25) is 5.88 Å². The number of furan rings is 1. The normalized spacial score (nSPS) is 12.7. The van der Waals surface area contributed by atoms with Gasteiger partial charge in [-0.3, -0.25) is 5.32 Å². The lowest BCUT2D eigenvalue weighted by molar-refractivity contribution is 0.0780. The Hall–Kier alpha value is -2.90. The van der Waals surface area contributed by atoms with E-state index in [0.717, 1.165) is 16.7 Å². The number of aliphatic hydroxyl groups is 1. The van der Waals surface area contributed by atoms with Crippen molar-refractivity contribution in [1.29, 1.82) is 0 Å². The van der Waals surface area contributed by atoms with Gasteiger partial charge in [0.15, 0.2) is 11.4 Å². The third kappa shape index (κ3) is 3.07. The lowest BCUT2D eigenvalue weighted by Crippen LogP contribution is -2.34. The van der Waals surface area contributed by atoms with Crippen LogP contribution < -0.4 is 10.1 Å². The Bertz CT molecular complexity index is 975. The molecular formula is C18H18N4O3. The number of para-hydroxylation sites is 1. The van der Waals surface area contributed by atoms with Gasteiger partial charge in [0.1, 0.15) is 24.1 Å². The summed E-state index contributed by atoms with van der Waals surface area (Å²) in [6.07, 6.45) is 0.984. The lowest BCUT2D eigenvalue weighted by atomic mass is 10.2. The van der Waals surface area contributed by atoms with E-state index in [1.807, 2.05) is 43.3 Å². The first-order valence-electron chi connectivity index (χ1n) is 8.12. The molecular weight excluding hydrogens is 320 g/mol. The number of hydrogen-bond acceptors (Lipinski definition) is 6. The number of aliphatic hydroxyl groups excluding tert-OH is 1. The van der Waals surface area contributed by atoms with Gasteiger partial charge < -0.3 is 14.3 Å². The van der Waals surface area contributed by atoms with Crippen molar-refractivity contribution in [3.05, 3.63) is 48.7 Å². The van der Waals surface area contributed by atoms with Crippen LogP contribution in [-0.4, -0.2) is 39.1 Å². The summed E-state index contributed by atoms with van der Waals surface area (Å²) in [6.45, 7) is 2.69. The minimum absolute atomic E-state index is 0.112. The zero-order chi connectivity index (χ0) is 17.2. The molecule has 1 atom stereocenters. The van der Waals surface area contributed by atoms with Crippen molar-refractivity contribution in [3.63, 3.8) is 0 Å². The van der Waals surface area contributed by atoms with Crippen molar-refractivity contribution in [1.82, 2.24) is 19.9 Å². The largest absolute Gasteiger partial charge is 0.472 e. The van der Waals surface area contributed by atoms with E-state index in [2.05, 4.69) is 15.4 Å². The van der Waals surface area contributed by atoms with Crippen LogP contribution >= 0.6 is 0 Å². The van der Waals surface area contributed by atoms with Crippen LogP contribution in [0, 0.1) is 0 Å². The average Bonchev–Trinajstić information content (AvgIpc) is 3.23. The maximum Gasteiger partial charge on any atom is 0.231 e. The predicted molar refractivity (Wildman–Crippen MR) is 93.4 cm³/mol. The van der Waals surface area contributed by atoms with Crippen LogP contribution in [0.15, 0.2) is 53.1 Å². The van der Waals surface area contributed by atoms with Crippen LogP contribution in [0.4, 0.5) is 0 Å². The molecule has 4 aromatic rings. The molecule has 3 heterocycles. The van der Waals surface area contributed by atoms with Crippen molar-refractivity contribution in [2.24, 2.45) is 0 Å². The smallest absolute Gasteiger partial charge is 0.231 e. The quantitative estimate of drug-likeness (QED) is 0.525. The van der Waals surface area contributed by atoms with Crippen molar-refractivity contribution < 1.29 is 14.3 Å². The van der Waals surface area contributed by atoms with E-state index < -0.39 is 6.23 Å². The molecule has 1 unspecified atom stereocenters. The third-order valence-electron chi connectivity index (χ3n) is 3.84. The first-order chi connectivity index (χ1) is 12.2. The molecule has 0 amide bonds. The van der Waals surface area contributed by atoms with Gasteiger partial charge in [0, 0.05) is 11.5 Å². The van der Waals surface area contributed by atoms with Gasteiger partial charge in [-0.05, 0) is 24.7 Å². The molecule has 4 rings (SSSR count). The summed E-state index contributed by atoms with van der Waals surface area (Å²) in [5.74, 6) is 1.09. The fraction of sp³-hybridized carbons (Fsp3) is 0.222. The van der Waals surface area contributed by atoms with Crippen LogP contribution in [-0.2, 0) is 0 Å². The second-order valence-corrected chi connectivity index (χ2v) is 5.62. The van der Waals surface area contributed by atoms with Gasteiger partial charge in [-0.1, -0.05) is 25.1 Å². The van der Waals surface area contributed by atoms with Crippen LogP contribution in [0.1, 0.15) is 6.92 Å². The SMILES string of the molecule is CCNC(O)COc1ccc2ncc(-c3cc4ccccc4o3)n2n1. The van der Waals surface area contributed by atoms with Crippen molar-refractivity contribution in [3.8, 4) is 17.3 Å². The van der Waals surface area contributed by atoms with Crippen LogP contribution in [0.2, 0.25) is 0 Å². The van der Waals surface area contributed by atoms with E-state index >= 15 is 0 Å². The van der Waals surface area contributed by atoms with Gasteiger partial charge in [-0.15, -0.1) is 5.10 Å². The van der Waals surface area contributed by atoms with Gasteiger partial charge in [-0.25, -0.2) is 9.50 Å². The zero-order valence-electron chi connectivity index (χ0n) is 13.7. The molecule has 128 valence electrons. The molecule has 1 aromatic carbocycles. The molecule has 25 heavy (non-hydrogen) atoms. The topological polar surface area (TPSA) is 84.8 Å². The first kappa shape index (κ1) is 15.6. The number of imidazole rings is 1. The monoisotopic (exact) mass is 338 g/mol. The molecule has 7 nitrogen and oxygen atoms in total. The van der Waals surface area contributed by atoms with Crippen molar-refractivity contribution in [2.75, 3.05) is 13.2 Å². The maximum atomic E-state index is 9.70. The molecule has 0 spiro atoms. The highest BCUT2D eigenvalue weighted by atomic mass is 16.5. The number of nitrogens with zero attached hydrogens (tertiary/aromatic N) is 3. The number of rotatable bonds is 6. The first-order valence-corrected chi connectivity index (χ1v) is 8.12. The minimum atomic E-state index is -0.736. The second kappa shape index (κ2) is 6.54. The number of aromatic nitrogens is 3. The van der Waals surface area contributed by atoms with E-state index in [9.17, 15) is 5.11 Å². The molecule has 0 aliphatic carbocycles. The molecule has 3 aromatic heterocycles. The summed E-state index contributed by atoms with van der Waals surface area (Å²) >= 11 is 0. The third-order valence-corrected chi connectivity index (χ3v) is 3.84. The lowest BCUT2D eigenvalue weighted by Gasteiger charge is -2.12.